The van der Waals surface area contributed by atoms with Crippen molar-refractivity contribution in [3.63, 3.8) is 0 Å². The maximum Gasteiger partial charge on any atom is 0.317 e. The normalized spacial score (nSPS) is 11.2. The van der Waals surface area contributed by atoms with E-state index >= 15 is 0 Å². The molecule has 0 aliphatic rings. The van der Waals surface area contributed by atoms with E-state index in [4.69, 9.17) is 16.7 Å². The maximum atomic E-state index is 13.2. The molecule has 3 aromatic rings. The minimum absolute atomic E-state index is 0.0800. The Labute approximate surface area is 218 Å². The molecular formula is C28H36ClN5O2. The van der Waals surface area contributed by atoms with Crippen LogP contribution in [0, 0.1) is 0 Å². The number of nitrogens with zero attached hydrogens (tertiary/aromatic N) is 3. The van der Waals surface area contributed by atoms with E-state index in [0.717, 1.165) is 24.1 Å². The number of para-hydroxylation sites is 1. The van der Waals surface area contributed by atoms with Crippen LogP contribution in [0.4, 0.5) is 10.6 Å². The average molecular weight is 510 g/mol. The summed E-state index contributed by atoms with van der Waals surface area (Å²) in [5.41, 5.74) is 2.36. The quantitative estimate of drug-likeness (QED) is 0.338. The van der Waals surface area contributed by atoms with Gasteiger partial charge in [-0.1, -0.05) is 88.2 Å². The molecule has 2 N–H and O–H groups in total. The second-order valence-electron chi connectivity index (χ2n) is 9.82. The predicted octanol–water partition coefficient (Wildman–Crippen LogP) is 5.82. The highest BCUT2D eigenvalue weighted by atomic mass is 35.5. The number of aromatic nitrogens is 2. The Morgan fingerprint density at radius 2 is 1.75 bits per heavy atom. The van der Waals surface area contributed by atoms with E-state index in [1.165, 1.54) is 0 Å². The third kappa shape index (κ3) is 7.59. The van der Waals surface area contributed by atoms with Crippen molar-refractivity contribution in [3.8, 4) is 5.69 Å². The molecule has 1 heterocycles. The molecular weight excluding hydrogens is 474 g/mol. The molecule has 0 bridgehead atoms. The van der Waals surface area contributed by atoms with Gasteiger partial charge in [-0.15, -0.1) is 0 Å². The molecule has 0 aliphatic heterocycles. The van der Waals surface area contributed by atoms with Crippen LogP contribution in [-0.2, 0) is 16.6 Å². The number of hydrogen-bond donors (Lipinski definition) is 2. The van der Waals surface area contributed by atoms with Crippen molar-refractivity contribution in [2.24, 2.45) is 0 Å². The summed E-state index contributed by atoms with van der Waals surface area (Å²) in [5.74, 6) is 0.204. The summed E-state index contributed by atoms with van der Waals surface area (Å²) in [6.45, 7) is 9.17. The Morgan fingerprint density at radius 1 is 1.06 bits per heavy atom. The van der Waals surface area contributed by atoms with Crippen molar-refractivity contribution < 1.29 is 9.59 Å². The van der Waals surface area contributed by atoms with Crippen LogP contribution in [0.2, 0.25) is 5.02 Å². The smallest absolute Gasteiger partial charge is 0.317 e. The van der Waals surface area contributed by atoms with Crippen molar-refractivity contribution in [1.82, 2.24) is 20.0 Å². The van der Waals surface area contributed by atoms with E-state index in [2.05, 4.69) is 38.3 Å². The van der Waals surface area contributed by atoms with Gasteiger partial charge in [0, 0.05) is 24.6 Å². The average Bonchev–Trinajstić information content (AvgIpc) is 3.26. The van der Waals surface area contributed by atoms with Crippen LogP contribution < -0.4 is 10.6 Å². The van der Waals surface area contributed by atoms with Gasteiger partial charge in [-0.25, -0.2) is 9.48 Å². The third-order valence-electron chi connectivity index (χ3n) is 5.77. The number of unbranched alkanes of at least 4 members (excludes halogenated alkanes) is 1. The van der Waals surface area contributed by atoms with Crippen LogP contribution in [0.25, 0.3) is 5.69 Å². The van der Waals surface area contributed by atoms with E-state index in [1.807, 2.05) is 54.6 Å². The second-order valence-corrected chi connectivity index (χ2v) is 10.2. The topological polar surface area (TPSA) is 79.3 Å². The zero-order chi connectivity index (χ0) is 26.1. The molecule has 0 saturated carbocycles. The number of halogens is 1. The first-order valence-electron chi connectivity index (χ1n) is 12.4. The molecule has 0 aliphatic carbocycles. The van der Waals surface area contributed by atoms with E-state index in [9.17, 15) is 9.59 Å². The fraction of sp³-hybridized carbons (Fsp3) is 0.393. The molecule has 0 spiro atoms. The van der Waals surface area contributed by atoms with Crippen molar-refractivity contribution in [1.29, 1.82) is 0 Å². The van der Waals surface area contributed by atoms with Gasteiger partial charge in [-0.2, -0.15) is 5.10 Å². The Morgan fingerprint density at radius 3 is 2.42 bits per heavy atom. The lowest BCUT2D eigenvalue weighted by molar-refractivity contribution is -0.116. The van der Waals surface area contributed by atoms with E-state index in [-0.39, 0.29) is 23.9 Å². The Bertz CT molecular complexity index is 1150. The van der Waals surface area contributed by atoms with Crippen LogP contribution in [0.5, 0.6) is 0 Å². The fourth-order valence-corrected chi connectivity index (χ4v) is 3.86. The summed E-state index contributed by atoms with van der Waals surface area (Å²) in [7, 11) is 0. The SMILES string of the molecule is CCCCNC(=O)N(CCc1ccccc1)CC(=O)Nc1cc(C(C)(C)C)nn1-c1ccccc1Cl. The molecule has 3 amide bonds. The van der Waals surface area contributed by atoms with E-state index < -0.39 is 0 Å². The van der Waals surface area contributed by atoms with Crippen molar-refractivity contribution in [3.05, 3.63) is 76.9 Å². The molecule has 2 aromatic carbocycles. The highest BCUT2D eigenvalue weighted by Crippen LogP contribution is 2.29. The van der Waals surface area contributed by atoms with Gasteiger partial charge in [0.2, 0.25) is 5.91 Å². The highest BCUT2D eigenvalue weighted by molar-refractivity contribution is 6.32. The summed E-state index contributed by atoms with van der Waals surface area (Å²) in [5, 5.41) is 11.1. The molecule has 192 valence electrons. The van der Waals surface area contributed by atoms with Gasteiger partial charge in [0.1, 0.15) is 12.4 Å². The largest absolute Gasteiger partial charge is 0.338 e. The molecule has 0 unspecified atom stereocenters. The van der Waals surface area contributed by atoms with Crippen molar-refractivity contribution in [2.45, 2.75) is 52.4 Å². The molecule has 3 rings (SSSR count). The Kier molecular flexibility index (Phi) is 9.53. The first-order valence-corrected chi connectivity index (χ1v) is 12.8. The summed E-state index contributed by atoms with van der Waals surface area (Å²) >= 11 is 6.44. The van der Waals surface area contributed by atoms with Gasteiger partial charge in [0.15, 0.2) is 0 Å². The van der Waals surface area contributed by atoms with Crippen LogP contribution in [-0.4, -0.2) is 46.3 Å². The standard InChI is InChI=1S/C28H36ClN5O2/c1-5-6-17-30-27(36)33(18-16-21-12-8-7-9-13-21)20-26(35)31-25-19-24(28(2,3)4)32-34(25)23-15-11-10-14-22(23)29/h7-15,19H,5-6,16-18,20H2,1-4H3,(H,30,36)(H,31,35). The maximum absolute atomic E-state index is 13.2. The zero-order valence-electron chi connectivity index (χ0n) is 21.6. The Balaban J connectivity index is 1.80. The molecule has 36 heavy (non-hydrogen) atoms. The first-order chi connectivity index (χ1) is 17.2. The third-order valence-corrected chi connectivity index (χ3v) is 6.09. The summed E-state index contributed by atoms with van der Waals surface area (Å²) in [6, 6.07) is 18.9. The number of carbonyl (C=O) groups is 2. The molecule has 0 atom stereocenters. The van der Waals surface area contributed by atoms with Crippen LogP contribution in [0.3, 0.4) is 0 Å². The number of anilines is 1. The Hall–Kier alpha value is -3.32. The van der Waals surface area contributed by atoms with E-state index in [1.54, 1.807) is 15.6 Å². The lowest BCUT2D eigenvalue weighted by Gasteiger charge is -2.23. The monoisotopic (exact) mass is 509 g/mol. The van der Waals surface area contributed by atoms with Crippen LogP contribution in [0.15, 0.2) is 60.7 Å². The predicted molar refractivity (Wildman–Crippen MR) is 146 cm³/mol. The van der Waals surface area contributed by atoms with Crippen molar-refractivity contribution >= 4 is 29.4 Å². The minimum atomic E-state index is -0.303. The minimum Gasteiger partial charge on any atom is -0.338 e. The van der Waals surface area contributed by atoms with Crippen molar-refractivity contribution in [2.75, 3.05) is 25.0 Å². The van der Waals surface area contributed by atoms with Gasteiger partial charge in [-0.3, -0.25) is 4.79 Å². The van der Waals surface area contributed by atoms with Gasteiger partial charge in [-0.05, 0) is 30.5 Å². The van der Waals surface area contributed by atoms with Gasteiger partial charge >= 0.3 is 6.03 Å². The molecule has 0 fully saturated rings. The number of carbonyl (C=O) groups excluding carboxylic acids is 2. The number of benzene rings is 2. The number of hydrogen-bond acceptors (Lipinski definition) is 3. The lowest BCUT2D eigenvalue weighted by atomic mass is 9.92. The molecule has 0 radical (unpaired) electrons. The number of nitrogens with one attached hydrogen (secondary N) is 2. The van der Waals surface area contributed by atoms with E-state index in [0.29, 0.717) is 36.0 Å². The molecule has 8 heteroatoms. The summed E-state index contributed by atoms with van der Waals surface area (Å²) in [6.07, 6.45) is 2.52. The van der Waals surface area contributed by atoms with Gasteiger partial charge in [0.05, 0.1) is 16.4 Å². The molecule has 1 aromatic heterocycles. The van der Waals surface area contributed by atoms with Gasteiger partial charge in [0.25, 0.3) is 0 Å². The zero-order valence-corrected chi connectivity index (χ0v) is 22.3. The number of urea groups is 1. The second kappa shape index (κ2) is 12.6. The number of amides is 3. The molecule has 7 nitrogen and oxygen atoms in total. The fourth-order valence-electron chi connectivity index (χ4n) is 3.64. The highest BCUT2D eigenvalue weighted by Gasteiger charge is 2.23. The summed E-state index contributed by atoms with van der Waals surface area (Å²) < 4.78 is 1.65. The van der Waals surface area contributed by atoms with Crippen LogP contribution >= 0.6 is 11.6 Å². The van der Waals surface area contributed by atoms with Crippen LogP contribution in [0.1, 0.15) is 51.8 Å². The lowest BCUT2D eigenvalue weighted by Crippen LogP contribution is -2.45. The van der Waals surface area contributed by atoms with Gasteiger partial charge < -0.3 is 15.5 Å². The number of rotatable bonds is 10. The summed E-state index contributed by atoms with van der Waals surface area (Å²) in [4.78, 5) is 27.6. The molecule has 0 saturated heterocycles. The first kappa shape index (κ1) is 27.3.